The van der Waals surface area contributed by atoms with Gasteiger partial charge in [-0.2, -0.15) is 0 Å². The number of rotatable bonds is 4. The number of benzene rings is 3. The van der Waals surface area contributed by atoms with Crippen LogP contribution in [0.5, 0.6) is 0 Å². The molecule has 0 saturated heterocycles. The third-order valence-electron chi connectivity index (χ3n) is 10.6. The Morgan fingerprint density at radius 3 is 1.73 bits per heavy atom. The third-order valence-corrected chi connectivity index (χ3v) is 19.4. The molecule has 3 aromatic carbocycles. The fraction of sp³-hybridized carbons (Fsp3) is 0.341. The second-order valence-corrected chi connectivity index (χ2v) is 20.8. The fourth-order valence-corrected chi connectivity index (χ4v) is 17.1. The van der Waals surface area contributed by atoms with Crippen LogP contribution in [0.3, 0.4) is 0 Å². The maximum atomic E-state index is 2.69. The first-order chi connectivity index (χ1) is 20.1. The molecule has 0 bridgehead atoms. The van der Waals surface area contributed by atoms with Crippen molar-refractivity contribution in [2.45, 2.75) is 88.6 Å². The summed E-state index contributed by atoms with van der Waals surface area (Å²) in [5.41, 5.74) is 17.0. The normalized spacial score (nSPS) is 18.8. The Bertz CT molecular complexity index is 1710. The first-order valence-corrected chi connectivity index (χ1v) is 19.8. The van der Waals surface area contributed by atoms with Gasteiger partial charge in [-0.3, -0.25) is 0 Å². The molecule has 0 spiro atoms. The van der Waals surface area contributed by atoms with Crippen molar-refractivity contribution in [3.05, 3.63) is 127 Å². The SMILES string of the molecule is CC/[C](c1ccccc1)=[Zr+2](/[C]1=CC=CC1)[CH]1c2cc3c(cc2-c2cc4c(cc21)C(C)(C)CC=C4C)C(C)=CCC3(C)C.[Cl-].[Cl-]. The van der Waals surface area contributed by atoms with Gasteiger partial charge < -0.3 is 24.8 Å². The van der Waals surface area contributed by atoms with E-state index in [0.29, 0.717) is 3.63 Å². The standard InChI is InChI=1S/C27H29.C9H10.C5H5.2ClH.Zr/c1-16-7-9-26(3,4)24-12-18-11-19-13-25-21(17(2)8-10-27(25,5)6)15-23(19)22(18)14-20(16)24;1-2-6-9-7-4-3-5-8-9;1-2-4-5-3-1;;;/h7-8,11-15H,9-10H2,1-6H3;3-5,7-8H,2H2,1H3;1-3H,4H2;2*1H;/q;;;;;+2/p-2. The van der Waals surface area contributed by atoms with E-state index < -0.39 is 21.3 Å². The maximum Gasteiger partial charge on any atom is -1.00 e. The van der Waals surface area contributed by atoms with E-state index in [1.165, 1.54) is 39.0 Å². The van der Waals surface area contributed by atoms with Crippen molar-refractivity contribution in [3.8, 4) is 11.1 Å². The Morgan fingerprint density at radius 2 is 1.27 bits per heavy atom. The van der Waals surface area contributed by atoms with E-state index in [2.05, 4.69) is 133 Å². The average molecular weight is 699 g/mol. The summed E-state index contributed by atoms with van der Waals surface area (Å²) in [6, 6.07) is 22.0. The Labute approximate surface area is 285 Å². The van der Waals surface area contributed by atoms with Crippen LogP contribution < -0.4 is 24.8 Å². The van der Waals surface area contributed by atoms with Crippen molar-refractivity contribution in [2.75, 3.05) is 0 Å². The Morgan fingerprint density at radius 1 is 0.750 bits per heavy atom. The zero-order chi connectivity index (χ0) is 29.4. The number of allylic oxidation sites excluding steroid dienone is 8. The van der Waals surface area contributed by atoms with Crippen molar-refractivity contribution in [1.29, 1.82) is 0 Å². The van der Waals surface area contributed by atoms with Crippen LogP contribution in [0.2, 0.25) is 0 Å². The van der Waals surface area contributed by atoms with Gasteiger partial charge in [0.15, 0.2) is 0 Å². The smallest absolute Gasteiger partial charge is 1.00 e. The summed E-state index contributed by atoms with van der Waals surface area (Å²) in [5, 5.41) is 0. The quantitative estimate of drug-likeness (QED) is 0.359. The molecule has 0 nitrogen and oxygen atoms in total. The van der Waals surface area contributed by atoms with Crippen LogP contribution in [0.1, 0.15) is 117 Å². The van der Waals surface area contributed by atoms with Gasteiger partial charge in [0, 0.05) is 0 Å². The van der Waals surface area contributed by atoms with Gasteiger partial charge in [-0.15, -0.1) is 0 Å². The molecule has 0 amide bonds. The van der Waals surface area contributed by atoms with Crippen molar-refractivity contribution in [3.63, 3.8) is 0 Å². The Balaban J connectivity index is 0.00000192. The van der Waals surface area contributed by atoms with E-state index in [0.717, 1.165) is 25.7 Å². The zero-order valence-corrected chi connectivity index (χ0v) is 31.2. The molecule has 0 radical (unpaired) electrons. The van der Waals surface area contributed by atoms with Crippen LogP contribution in [-0.2, 0) is 32.1 Å². The molecule has 7 rings (SSSR count). The van der Waals surface area contributed by atoms with Crippen molar-refractivity contribution in [2.24, 2.45) is 0 Å². The molecule has 0 heterocycles. The van der Waals surface area contributed by atoms with Crippen LogP contribution in [-0.4, -0.2) is 3.21 Å². The molecule has 226 valence electrons. The summed E-state index contributed by atoms with van der Waals surface area (Å²) in [6.45, 7) is 16.9. The van der Waals surface area contributed by atoms with Gasteiger partial charge in [0.1, 0.15) is 0 Å². The molecule has 0 aliphatic heterocycles. The van der Waals surface area contributed by atoms with Gasteiger partial charge in [0.05, 0.1) is 0 Å². The average Bonchev–Trinajstić information content (AvgIpc) is 3.62. The monoisotopic (exact) mass is 696 g/mol. The van der Waals surface area contributed by atoms with Crippen LogP contribution in [0.15, 0.2) is 88.3 Å². The molecule has 4 aliphatic rings. The summed E-state index contributed by atoms with van der Waals surface area (Å²) < 4.78 is 4.01. The molecule has 0 unspecified atom stereocenters. The summed E-state index contributed by atoms with van der Waals surface area (Å²) in [5.74, 6) is 0. The van der Waals surface area contributed by atoms with Gasteiger partial charge in [0.25, 0.3) is 0 Å². The van der Waals surface area contributed by atoms with E-state index in [1.54, 1.807) is 28.7 Å². The van der Waals surface area contributed by atoms with Crippen molar-refractivity contribution >= 4 is 14.4 Å². The van der Waals surface area contributed by atoms with Crippen LogP contribution in [0.25, 0.3) is 22.3 Å². The molecular weight excluding hydrogens is 655 g/mol. The van der Waals surface area contributed by atoms with Crippen LogP contribution in [0.4, 0.5) is 0 Å². The molecule has 0 N–H and O–H groups in total. The number of hydrogen-bond acceptors (Lipinski definition) is 0. The second kappa shape index (κ2) is 12.3. The Hall–Kier alpha value is -2.05. The van der Waals surface area contributed by atoms with Gasteiger partial charge in [-0.1, -0.05) is 0 Å². The van der Waals surface area contributed by atoms with Gasteiger partial charge >= 0.3 is 263 Å². The van der Waals surface area contributed by atoms with Crippen molar-refractivity contribution < 1.29 is 46.1 Å². The minimum atomic E-state index is -2.49. The second-order valence-electron chi connectivity index (χ2n) is 14.3. The number of hydrogen-bond donors (Lipinski definition) is 0. The molecular formula is C41H44Cl2Zr. The molecule has 44 heavy (non-hydrogen) atoms. The van der Waals surface area contributed by atoms with Gasteiger partial charge in [-0.05, 0) is 0 Å². The van der Waals surface area contributed by atoms with Crippen LogP contribution >= 0.6 is 0 Å². The van der Waals surface area contributed by atoms with Gasteiger partial charge in [-0.25, -0.2) is 0 Å². The van der Waals surface area contributed by atoms with E-state index >= 15 is 0 Å². The molecule has 0 atom stereocenters. The Kier molecular flexibility index (Phi) is 9.30. The summed E-state index contributed by atoms with van der Waals surface area (Å²) in [6.07, 6.45) is 16.7. The number of halogens is 2. The first kappa shape index (κ1) is 33.3. The zero-order valence-electron chi connectivity index (χ0n) is 27.2. The first-order valence-electron chi connectivity index (χ1n) is 16.0. The molecule has 3 aromatic rings. The molecule has 0 saturated carbocycles. The predicted octanol–water partition coefficient (Wildman–Crippen LogP) is 5.03. The largest absolute Gasteiger partial charge is 1.00 e. The van der Waals surface area contributed by atoms with Gasteiger partial charge in [0.2, 0.25) is 0 Å². The van der Waals surface area contributed by atoms with E-state index in [9.17, 15) is 0 Å². The summed E-state index contributed by atoms with van der Waals surface area (Å²) in [7, 11) is 0. The third kappa shape index (κ3) is 5.30. The predicted molar refractivity (Wildman–Crippen MR) is 179 cm³/mol. The minimum absolute atomic E-state index is 0. The molecule has 0 aromatic heterocycles. The van der Waals surface area contributed by atoms with E-state index in [-0.39, 0.29) is 35.6 Å². The van der Waals surface area contributed by atoms with E-state index in [1.807, 2.05) is 0 Å². The van der Waals surface area contributed by atoms with E-state index in [4.69, 9.17) is 0 Å². The van der Waals surface area contributed by atoms with Crippen molar-refractivity contribution in [1.82, 2.24) is 0 Å². The maximum absolute atomic E-state index is 2.69. The summed E-state index contributed by atoms with van der Waals surface area (Å²) in [4.78, 5) is 0. The molecule has 4 aliphatic carbocycles. The van der Waals surface area contributed by atoms with Crippen LogP contribution in [0, 0.1) is 0 Å². The molecule has 0 fully saturated rings. The topological polar surface area (TPSA) is 0 Å². The fourth-order valence-electron chi connectivity index (χ4n) is 8.07. The minimum Gasteiger partial charge on any atom is -1.00 e. The number of fused-ring (bicyclic) bond motifs is 5. The molecule has 3 heteroatoms. The summed E-state index contributed by atoms with van der Waals surface area (Å²) >= 11 is -2.49.